The highest BCUT2D eigenvalue weighted by atomic mass is 28.1. The van der Waals surface area contributed by atoms with E-state index in [9.17, 15) is 0 Å². The SMILES string of the molecule is CNC1(NC)CCCCC1([SiH3])NCC(C)C. The van der Waals surface area contributed by atoms with Gasteiger partial charge < -0.3 is 16.0 Å². The molecular formula is C12H29N3Si. The van der Waals surface area contributed by atoms with Gasteiger partial charge in [-0.3, -0.25) is 0 Å². The van der Waals surface area contributed by atoms with Gasteiger partial charge in [0.2, 0.25) is 0 Å². The zero-order chi connectivity index (χ0) is 12.2. The van der Waals surface area contributed by atoms with Crippen molar-refractivity contribution in [1.29, 1.82) is 0 Å². The predicted molar refractivity (Wildman–Crippen MR) is 74.8 cm³/mol. The Labute approximate surface area is 104 Å². The minimum absolute atomic E-state index is 0.104. The first-order valence-corrected chi connectivity index (χ1v) is 7.62. The molecule has 0 aromatic heterocycles. The van der Waals surface area contributed by atoms with Crippen molar-refractivity contribution < 1.29 is 0 Å². The third-order valence-corrected chi connectivity index (χ3v) is 5.88. The third-order valence-electron chi connectivity index (χ3n) is 4.17. The molecule has 1 fully saturated rings. The summed E-state index contributed by atoms with van der Waals surface area (Å²) in [7, 11) is 5.35. The fraction of sp³-hybridized carbons (Fsp3) is 1.00. The summed E-state index contributed by atoms with van der Waals surface area (Å²) in [5, 5.41) is 11.2. The molecular weight excluding hydrogens is 214 g/mol. The van der Waals surface area contributed by atoms with Crippen LogP contribution in [-0.2, 0) is 0 Å². The minimum Gasteiger partial charge on any atom is -0.311 e. The highest BCUT2D eigenvalue weighted by Crippen LogP contribution is 2.33. The van der Waals surface area contributed by atoms with Crippen LogP contribution in [0, 0.1) is 5.92 Å². The van der Waals surface area contributed by atoms with Gasteiger partial charge in [0.05, 0.1) is 5.66 Å². The van der Waals surface area contributed by atoms with E-state index in [1.807, 2.05) is 0 Å². The standard InChI is InChI=1S/C12H29N3Si/c1-10(2)9-15-12(16)8-6-5-7-11(12,13-3)14-4/h10,13-15H,5-9H2,1-4,16H3. The minimum atomic E-state index is 0.104. The first kappa shape index (κ1) is 14.2. The summed E-state index contributed by atoms with van der Waals surface area (Å²) in [5.74, 6) is 0.721. The van der Waals surface area contributed by atoms with Gasteiger partial charge >= 0.3 is 0 Å². The maximum Gasteiger partial charge on any atom is 0.0830 e. The van der Waals surface area contributed by atoms with Crippen LogP contribution in [0.1, 0.15) is 39.5 Å². The lowest BCUT2D eigenvalue weighted by atomic mass is 9.82. The smallest absolute Gasteiger partial charge is 0.0830 e. The molecule has 0 saturated heterocycles. The molecule has 0 aromatic carbocycles. The van der Waals surface area contributed by atoms with Crippen LogP contribution >= 0.6 is 0 Å². The molecule has 3 N–H and O–H groups in total. The van der Waals surface area contributed by atoms with Gasteiger partial charge in [0, 0.05) is 15.4 Å². The monoisotopic (exact) mass is 243 g/mol. The molecule has 0 bridgehead atoms. The average molecular weight is 243 g/mol. The van der Waals surface area contributed by atoms with E-state index in [0.29, 0.717) is 5.16 Å². The molecule has 16 heavy (non-hydrogen) atoms. The number of hydrogen-bond acceptors (Lipinski definition) is 3. The lowest BCUT2D eigenvalue weighted by molar-refractivity contribution is 0.113. The van der Waals surface area contributed by atoms with Crippen molar-refractivity contribution in [1.82, 2.24) is 16.0 Å². The van der Waals surface area contributed by atoms with Crippen LogP contribution in [0.5, 0.6) is 0 Å². The van der Waals surface area contributed by atoms with E-state index in [1.165, 1.54) is 35.9 Å². The molecule has 0 spiro atoms. The topological polar surface area (TPSA) is 36.1 Å². The molecule has 0 heterocycles. The van der Waals surface area contributed by atoms with Crippen molar-refractivity contribution in [2.24, 2.45) is 5.92 Å². The van der Waals surface area contributed by atoms with E-state index in [-0.39, 0.29) is 5.66 Å². The molecule has 4 heteroatoms. The Balaban J connectivity index is 2.77. The molecule has 1 aliphatic carbocycles. The Morgan fingerprint density at radius 3 is 2.19 bits per heavy atom. The Morgan fingerprint density at radius 2 is 1.69 bits per heavy atom. The van der Waals surface area contributed by atoms with Crippen molar-refractivity contribution in [3.05, 3.63) is 0 Å². The van der Waals surface area contributed by atoms with Crippen LogP contribution in [0.25, 0.3) is 0 Å². The third kappa shape index (κ3) is 2.67. The lowest BCUT2D eigenvalue weighted by Crippen LogP contribution is -2.76. The Bertz CT molecular complexity index is 216. The summed E-state index contributed by atoms with van der Waals surface area (Å²) >= 11 is 0. The number of hydrogen-bond donors (Lipinski definition) is 3. The van der Waals surface area contributed by atoms with Crippen LogP contribution < -0.4 is 16.0 Å². The molecule has 1 unspecified atom stereocenters. The molecule has 1 aliphatic rings. The first-order chi connectivity index (χ1) is 7.49. The second kappa shape index (κ2) is 5.62. The molecule has 1 atom stereocenters. The summed E-state index contributed by atoms with van der Waals surface area (Å²) in [6.45, 7) is 5.68. The van der Waals surface area contributed by atoms with Crippen LogP contribution in [0.3, 0.4) is 0 Å². The van der Waals surface area contributed by atoms with Gasteiger partial charge in [-0.15, -0.1) is 0 Å². The second-order valence-electron chi connectivity index (χ2n) is 5.72. The van der Waals surface area contributed by atoms with Gasteiger partial charge in [0.25, 0.3) is 0 Å². The summed E-state index contributed by atoms with van der Waals surface area (Å²) in [4.78, 5) is 0. The van der Waals surface area contributed by atoms with Gasteiger partial charge in [0.15, 0.2) is 0 Å². The van der Waals surface area contributed by atoms with Crippen LogP contribution in [-0.4, -0.2) is 41.7 Å². The van der Waals surface area contributed by atoms with Gasteiger partial charge in [-0.2, -0.15) is 0 Å². The van der Waals surface area contributed by atoms with Crippen molar-refractivity contribution in [3.63, 3.8) is 0 Å². The van der Waals surface area contributed by atoms with E-state index in [1.54, 1.807) is 0 Å². The average Bonchev–Trinajstić information content (AvgIpc) is 2.28. The van der Waals surface area contributed by atoms with E-state index in [2.05, 4.69) is 43.9 Å². The molecule has 1 rings (SSSR count). The van der Waals surface area contributed by atoms with Crippen LogP contribution in [0.2, 0.25) is 0 Å². The first-order valence-electron chi connectivity index (χ1n) is 6.62. The molecule has 0 aliphatic heterocycles. The Morgan fingerprint density at radius 1 is 1.12 bits per heavy atom. The molecule has 1 saturated carbocycles. The highest BCUT2D eigenvalue weighted by molar-refractivity contribution is 6.16. The zero-order valence-corrected chi connectivity index (χ0v) is 13.6. The molecule has 0 radical (unpaired) electrons. The Hall–Kier alpha value is 0.0969. The summed E-state index contributed by atoms with van der Waals surface area (Å²) < 4.78 is 0. The second-order valence-corrected chi connectivity index (χ2v) is 7.43. The number of nitrogens with one attached hydrogen (secondary N) is 3. The molecule has 0 aromatic rings. The van der Waals surface area contributed by atoms with Crippen molar-refractivity contribution >= 4 is 10.2 Å². The van der Waals surface area contributed by atoms with E-state index < -0.39 is 0 Å². The molecule has 96 valence electrons. The summed E-state index contributed by atoms with van der Waals surface area (Å²) in [5.41, 5.74) is 0.104. The van der Waals surface area contributed by atoms with Crippen molar-refractivity contribution in [2.45, 2.75) is 50.4 Å². The van der Waals surface area contributed by atoms with Gasteiger partial charge in [0.1, 0.15) is 0 Å². The van der Waals surface area contributed by atoms with E-state index in [4.69, 9.17) is 0 Å². The van der Waals surface area contributed by atoms with Crippen LogP contribution in [0.4, 0.5) is 0 Å². The van der Waals surface area contributed by atoms with Gasteiger partial charge in [-0.25, -0.2) is 0 Å². The van der Waals surface area contributed by atoms with Crippen molar-refractivity contribution in [3.8, 4) is 0 Å². The fourth-order valence-corrected chi connectivity index (χ4v) is 4.26. The Kier molecular flexibility index (Phi) is 4.98. The summed E-state index contributed by atoms with van der Waals surface area (Å²) in [6.07, 6.45) is 5.22. The number of rotatable bonds is 5. The highest BCUT2D eigenvalue weighted by Gasteiger charge is 2.47. The fourth-order valence-electron chi connectivity index (χ4n) is 2.95. The van der Waals surface area contributed by atoms with E-state index >= 15 is 0 Å². The normalized spacial score (nSPS) is 29.8. The number of likely N-dealkylation sites (N-methyl/N-ethyl adjacent to an activating group) is 2. The predicted octanol–water partition coefficient (Wildman–Crippen LogP) is 0.00280. The maximum absolute atomic E-state index is 3.83. The quantitative estimate of drug-likeness (QED) is 0.470. The van der Waals surface area contributed by atoms with Gasteiger partial charge in [-0.1, -0.05) is 26.7 Å². The summed E-state index contributed by atoms with van der Waals surface area (Å²) in [6, 6.07) is 0. The van der Waals surface area contributed by atoms with E-state index in [0.717, 1.165) is 12.5 Å². The zero-order valence-electron chi connectivity index (χ0n) is 11.6. The maximum atomic E-state index is 3.83. The van der Waals surface area contributed by atoms with Gasteiger partial charge in [-0.05, 0) is 39.4 Å². The van der Waals surface area contributed by atoms with Crippen LogP contribution in [0.15, 0.2) is 0 Å². The largest absolute Gasteiger partial charge is 0.311 e. The molecule has 0 amide bonds. The lowest BCUT2D eigenvalue weighted by Gasteiger charge is -2.53. The molecule has 3 nitrogen and oxygen atoms in total. The van der Waals surface area contributed by atoms with Crippen molar-refractivity contribution in [2.75, 3.05) is 20.6 Å².